The van der Waals surface area contributed by atoms with Gasteiger partial charge in [0.1, 0.15) is 6.17 Å². The minimum atomic E-state index is -1.15. The SMILES string of the molecule is COc1cc(C(NC(=O)c2ccc([N+](=O)[O-])cc2)NC(=O)c2ccc([N+](=O)[O-])cc2)ccc1OC(C)=O. The summed E-state index contributed by atoms with van der Waals surface area (Å²) in [5, 5.41) is 27.0. The molecule has 2 N–H and O–H groups in total. The quantitative estimate of drug-likeness (QED) is 0.144. The van der Waals surface area contributed by atoms with Gasteiger partial charge in [-0.3, -0.25) is 34.6 Å². The first kappa shape index (κ1) is 26.3. The minimum Gasteiger partial charge on any atom is -0.493 e. The molecule has 37 heavy (non-hydrogen) atoms. The Kier molecular flexibility index (Phi) is 8.09. The lowest BCUT2D eigenvalue weighted by Crippen LogP contribution is -2.41. The third kappa shape index (κ3) is 6.63. The number of carbonyl (C=O) groups excluding carboxylic acids is 3. The van der Waals surface area contributed by atoms with E-state index in [1.807, 2.05) is 0 Å². The van der Waals surface area contributed by atoms with E-state index in [9.17, 15) is 34.6 Å². The van der Waals surface area contributed by atoms with Gasteiger partial charge in [-0.1, -0.05) is 6.07 Å². The van der Waals surface area contributed by atoms with Crippen molar-refractivity contribution in [1.82, 2.24) is 10.6 Å². The molecule has 0 aromatic heterocycles. The lowest BCUT2D eigenvalue weighted by molar-refractivity contribution is -0.385. The monoisotopic (exact) mass is 508 g/mol. The number of esters is 1. The number of nitrogens with zero attached hydrogens (tertiary/aromatic N) is 2. The molecule has 0 aliphatic heterocycles. The molecule has 0 saturated carbocycles. The van der Waals surface area contributed by atoms with E-state index in [0.717, 1.165) is 24.3 Å². The molecule has 0 saturated heterocycles. The standard InChI is InChI=1S/C24H20N4O9/c1-14(29)37-20-12-7-17(13-21(20)36-2)22(25-23(30)15-3-8-18(9-4-15)27(32)33)26-24(31)16-5-10-19(11-6-16)28(34)35/h3-13,22H,1-2H3,(H,25,30)(H,26,31). The van der Waals surface area contributed by atoms with Crippen LogP contribution in [0.1, 0.15) is 39.4 Å². The molecule has 0 aliphatic carbocycles. The number of carbonyl (C=O) groups is 3. The van der Waals surface area contributed by atoms with E-state index in [2.05, 4.69) is 10.6 Å². The first-order valence-electron chi connectivity index (χ1n) is 10.6. The molecule has 3 rings (SSSR count). The van der Waals surface area contributed by atoms with Gasteiger partial charge in [-0.2, -0.15) is 0 Å². The van der Waals surface area contributed by atoms with Crippen molar-refractivity contribution in [2.45, 2.75) is 13.1 Å². The average Bonchev–Trinajstić information content (AvgIpc) is 2.88. The molecule has 13 nitrogen and oxygen atoms in total. The second-order valence-electron chi connectivity index (χ2n) is 7.49. The van der Waals surface area contributed by atoms with Gasteiger partial charge in [0.15, 0.2) is 11.5 Å². The van der Waals surface area contributed by atoms with Crippen molar-refractivity contribution in [2.75, 3.05) is 7.11 Å². The van der Waals surface area contributed by atoms with E-state index in [4.69, 9.17) is 9.47 Å². The van der Waals surface area contributed by atoms with Crippen LogP contribution >= 0.6 is 0 Å². The van der Waals surface area contributed by atoms with Crippen molar-refractivity contribution >= 4 is 29.2 Å². The molecule has 190 valence electrons. The molecule has 13 heteroatoms. The first-order chi connectivity index (χ1) is 17.6. The molecule has 0 unspecified atom stereocenters. The second kappa shape index (κ2) is 11.4. The van der Waals surface area contributed by atoms with Crippen LogP contribution < -0.4 is 20.1 Å². The Morgan fingerprint density at radius 1 is 0.757 bits per heavy atom. The molecule has 0 spiro atoms. The summed E-state index contributed by atoms with van der Waals surface area (Å²) in [7, 11) is 1.34. The largest absolute Gasteiger partial charge is 0.493 e. The zero-order valence-corrected chi connectivity index (χ0v) is 19.5. The number of nitro groups is 2. The Hall–Kier alpha value is -5.33. The zero-order chi connectivity index (χ0) is 27.1. The normalized spacial score (nSPS) is 10.4. The van der Waals surface area contributed by atoms with Crippen LogP contribution in [0.3, 0.4) is 0 Å². The molecular weight excluding hydrogens is 488 g/mol. The maximum absolute atomic E-state index is 12.9. The average molecular weight is 508 g/mol. The highest BCUT2D eigenvalue weighted by Gasteiger charge is 2.22. The van der Waals surface area contributed by atoms with Crippen molar-refractivity contribution in [1.29, 1.82) is 0 Å². The van der Waals surface area contributed by atoms with Crippen LogP contribution in [0.15, 0.2) is 66.7 Å². The number of amides is 2. The fourth-order valence-electron chi connectivity index (χ4n) is 3.20. The third-order valence-electron chi connectivity index (χ3n) is 5.01. The van der Waals surface area contributed by atoms with E-state index >= 15 is 0 Å². The van der Waals surface area contributed by atoms with E-state index in [1.54, 1.807) is 0 Å². The predicted molar refractivity (Wildman–Crippen MR) is 128 cm³/mol. The maximum atomic E-state index is 12.9. The number of rotatable bonds is 9. The summed E-state index contributed by atoms with van der Waals surface area (Å²) in [5.41, 5.74) is 0.0985. The Morgan fingerprint density at radius 3 is 1.59 bits per heavy atom. The fraction of sp³-hybridized carbons (Fsp3) is 0.125. The number of benzene rings is 3. The topological polar surface area (TPSA) is 180 Å². The highest BCUT2D eigenvalue weighted by Crippen LogP contribution is 2.30. The molecule has 3 aromatic rings. The maximum Gasteiger partial charge on any atom is 0.308 e. The van der Waals surface area contributed by atoms with Gasteiger partial charge in [-0.15, -0.1) is 0 Å². The lowest BCUT2D eigenvalue weighted by Gasteiger charge is -2.22. The van der Waals surface area contributed by atoms with Crippen LogP contribution in [0.5, 0.6) is 11.5 Å². The van der Waals surface area contributed by atoms with E-state index in [1.165, 1.54) is 56.5 Å². The molecular formula is C24H20N4O9. The molecule has 0 fully saturated rings. The van der Waals surface area contributed by atoms with Crippen molar-refractivity contribution in [3.8, 4) is 11.5 Å². The van der Waals surface area contributed by atoms with Gasteiger partial charge in [0.05, 0.1) is 17.0 Å². The van der Waals surface area contributed by atoms with Crippen molar-refractivity contribution in [3.63, 3.8) is 0 Å². The molecule has 0 bridgehead atoms. The highest BCUT2D eigenvalue weighted by molar-refractivity contribution is 5.97. The summed E-state index contributed by atoms with van der Waals surface area (Å²) < 4.78 is 10.3. The van der Waals surface area contributed by atoms with Crippen LogP contribution in [-0.4, -0.2) is 34.7 Å². The van der Waals surface area contributed by atoms with Crippen LogP contribution in [0.2, 0.25) is 0 Å². The number of nitrogens with one attached hydrogen (secondary N) is 2. The van der Waals surface area contributed by atoms with Gasteiger partial charge in [0.25, 0.3) is 23.2 Å². The molecule has 3 aromatic carbocycles. The van der Waals surface area contributed by atoms with Gasteiger partial charge in [0.2, 0.25) is 0 Å². The Balaban J connectivity index is 1.92. The summed E-state index contributed by atoms with van der Waals surface area (Å²) in [5.74, 6) is -1.65. The summed E-state index contributed by atoms with van der Waals surface area (Å²) in [6.45, 7) is 1.21. The van der Waals surface area contributed by atoms with Crippen LogP contribution in [0, 0.1) is 20.2 Å². The lowest BCUT2D eigenvalue weighted by atomic mass is 10.1. The summed E-state index contributed by atoms with van der Waals surface area (Å²) in [4.78, 5) is 57.7. The van der Waals surface area contributed by atoms with Gasteiger partial charge in [-0.05, 0) is 42.0 Å². The predicted octanol–water partition coefficient (Wildman–Crippen LogP) is 3.30. The van der Waals surface area contributed by atoms with Crippen LogP contribution in [0.25, 0.3) is 0 Å². The van der Waals surface area contributed by atoms with Gasteiger partial charge in [0, 0.05) is 42.3 Å². The van der Waals surface area contributed by atoms with E-state index in [-0.39, 0.29) is 34.0 Å². The first-order valence-corrected chi connectivity index (χ1v) is 10.6. The second-order valence-corrected chi connectivity index (χ2v) is 7.49. The smallest absolute Gasteiger partial charge is 0.308 e. The number of methoxy groups -OCH3 is 1. The zero-order valence-electron chi connectivity index (χ0n) is 19.5. The molecule has 0 heterocycles. The molecule has 0 atom stereocenters. The fourth-order valence-corrected chi connectivity index (χ4v) is 3.20. The Morgan fingerprint density at radius 2 is 1.22 bits per heavy atom. The Bertz CT molecular complexity index is 1280. The molecule has 0 radical (unpaired) electrons. The number of hydrogen-bond donors (Lipinski definition) is 2. The van der Waals surface area contributed by atoms with Crippen molar-refractivity contribution in [3.05, 3.63) is 104 Å². The van der Waals surface area contributed by atoms with Gasteiger partial charge in [-0.25, -0.2) is 0 Å². The third-order valence-corrected chi connectivity index (χ3v) is 5.01. The highest BCUT2D eigenvalue weighted by atomic mass is 16.6. The van der Waals surface area contributed by atoms with E-state index < -0.39 is 33.8 Å². The number of non-ortho nitro benzene ring substituents is 2. The Labute approximate surface area is 209 Å². The van der Waals surface area contributed by atoms with Crippen molar-refractivity contribution in [2.24, 2.45) is 0 Å². The van der Waals surface area contributed by atoms with Gasteiger partial charge < -0.3 is 20.1 Å². The number of ether oxygens (including phenoxy) is 2. The molecule has 0 aliphatic rings. The summed E-state index contributed by atoms with van der Waals surface area (Å²) in [6.07, 6.45) is -1.15. The van der Waals surface area contributed by atoms with Crippen LogP contribution in [0.4, 0.5) is 11.4 Å². The number of hydrogen-bond acceptors (Lipinski definition) is 9. The van der Waals surface area contributed by atoms with Gasteiger partial charge >= 0.3 is 5.97 Å². The summed E-state index contributed by atoms with van der Waals surface area (Å²) in [6, 6.07) is 14.0. The minimum absolute atomic E-state index is 0.0867. The van der Waals surface area contributed by atoms with Crippen LogP contribution in [-0.2, 0) is 4.79 Å². The summed E-state index contributed by atoms with van der Waals surface area (Å²) >= 11 is 0. The van der Waals surface area contributed by atoms with E-state index in [0.29, 0.717) is 5.56 Å². The molecule has 2 amide bonds. The van der Waals surface area contributed by atoms with Crippen molar-refractivity contribution < 1.29 is 33.7 Å². The number of nitro benzene ring substituents is 2.